The Balaban J connectivity index is 1.30. The van der Waals surface area contributed by atoms with E-state index in [2.05, 4.69) is 33.2 Å². The van der Waals surface area contributed by atoms with Crippen molar-refractivity contribution in [3.63, 3.8) is 0 Å². The van der Waals surface area contributed by atoms with Gasteiger partial charge < -0.3 is 9.84 Å². The van der Waals surface area contributed by atoms with Crippen LogP contribution in [-0.2, 0) is 19.7 Å². The van der Waals surface area contributed by atoms with Crippen LogP contribution in [0.2, 0.25) is 0 Å². The fourth-order valence-electron chi connectivity index (χ4n) is 3.85. The summed E-state index contributed by atoms with van der Waals surface area (Å²) < 4.78 is 7.66. The summed E-state index contributed by atoms with van der Waals surface area (Å²) in [5, 5.41) is 13.7. The summed E-state index contributed by atoms with van der Waals surface area (Å²) in [6, 6.07) is 16.3. The third-order valence-electron chi connectivity index (χ3n) is 5.36. The first-order valence-corrected chi connectivity index (χ1v) is 10.3. The number of aromatic nitrogens is 3. The molecule has 0 saturated carbocycles. The molecule has 1 atom stereocenters. The standard InChI is InChI=1S/C23H28N4O2/c28-15-14-27-13-10-23(25-27)20-4-3-12-26(17-20)16-19-6-8-22(9-7-19)29-18-21-5-1-2-11-24-21/h1-2,5-11,13,20,28H,3-4,12,14-18H2/t20-/m0/s1. The molecule has 152 valence electrons. The average molecular weight is 393 g/mol. The Morgan fingerprint density at radius 1 is 1.10 bits per heavy atom. The van der Waals surface area contributed by atoms with Gasteiger partial charge in [-0.25, -0.2) is 0 Å². The van der Waals surface area contributed by atoms with Crippen molar-refractivity contribution >= 4 is 0 Å². The Labute approximate surface area is 171 Å². The first-order valence-electron chi connectivity index (χ1n) is 10.3. The molecule has 1 aliphatic heterocycles. The highest BCUT2D eigenvalue weighted by Gasteiger charge is 2.23. The minimum absolute atomic E-state index is 0.124. The molecule has 1 N–H and O–H groups in total. The molecule has 2 aromatic heterocycles. The van der Waals surface area contributed by atoms with Crippen LogP contribution in [0.5, 0.6) is 5.75 Å². The van der Waals surface area contributed by atoms with Crippen LogP contribution in [-0.4, -0.2) is 44.5 Å². The van der Waals surface area contributed by atoms with E-state index in [4.69, 9.17) is 9.84 Å². The van der Waals surface area contributed by atoms with Gasteiger partial charge in [0.1, 0.15) is 12.4 Å². The van der Waals surface area contributed by atoms with Crippen LogP contribution in [0.4, 0.5) is 0 Å². The summed E-state index contributed by atoms with van der Waals surface area (Å²) in [4.78, 5) is 6.78. The molecule has 3 aromatic rings. The van der Waals surface area contributed by atoms with E-state index in [9.17, 15) is 0 Å². The Kier molecular flexibility index (Phi) is 6.54. The number of rotatable bonds is 8. The minimum Gasteiger partial charge on any atom is -0.487 e. The van der Waals surface area contributed by atoms with Crippen LogP contribution in [0.15, 0.2) is 60.9 Å². The Morgan fingerprint density at radius 3 is 2.79 bits per heavy atom. The van der Waals surface area contributed by atoms with E-state index in [1.165, 1.54) is 18.4 Å². The number of hydrogen-bond acceptors (Lipinski definition) is 5. The predicted octanol–water partition coefficient (Wildman–Crippen LogP) is 3.23. The summed E-state index contributed by atoms with van der Waals surface area (Å²) in [6.07, 6.45) is 6.11. The van der Waals surface area contributed by atoms with E-state index in [0.717, 1.165) is 36.8 Å². The maximum atomic E-state index is 9.08. The SMILES string of the molecule is OCCn1ccc([C@H]2CCCN(Cc3ccc(OCc4ccccn4)cc3)C2)n1. The Hall–Kier alpha value is -2.70. The first kappa shape index (κ1) is 19.6. The van der Waals surface area contributed by atoms with Crippen molar-refractivity contribution in [2.75, 3.05) is 19.7 Å². The maximum absolute atomic E-state index is 9.08. The Bertz CT molecular complexity index is 879. The van der Waals surface area contributed by atoms with Crippen molar-refractivity contribution in [3.8, 4) is 5.75 Å². The van der Waals surface area contributed by atoms with Gasteiger partial charge in [0.05, 0.1) is 24.5 Å². The number of hydrogen-bond donors (Lipinski definition) is 1. The summed E-state index contributed by atoms with van der Waals surface area (Å²) >= 11 is 0. The van der Waals surface area contributed by atoms with Crippen molar-refractivity contribution in [2.24, 2.45) is 0 Å². The quantitative estimate of drug-likeness (QED) is 0.638. The van der Waals surface area contributed by atoms with Gasteiger partial charge in [-0.15, -0.1) is 0 Å². The molecule has 1 aliphatic rings. The van der Waals surface area contributed by atoms with Crippen LogP contribution in [0.1, 0.15) is 35.7 Å². The molecular weight excluding hydrogens is 364 g/mol. The lowest BCUT2D eigenvalue weighted by Crippen LogP contribution is -2.34. The number of likely N-dealkylation sites (tertiary alicyclic amines) is 1. The number of aliphatic hydroxyl groups is 1. The van der Waals surface area contributed by atoms with Gasteiger partial charge >= 0.3 is 0 Å². The molecule has 4 rings (SSSR count). The summed E-state index contributed by atoms with van der Waals surface area (Å²) in [6.45, 7) is 4.25. The van der Waals surface area contributed by atoms with E-state index in [1.54, 1.807) is 6.20 Å². The molecule has 0 bridgehead atoms. The topological polar surface area (TPSA) is 63.4 Å². The third kappa shape index (κ3) is 5.43. The van der Waals surface area contributed by atoms with Gasteiger partial charge in [-0.2, -0.15) is 5.10 Å². The highest BCUT2D eigenvalue weighted by molar-refractivity contribution is 5.27. The second-order valence-electron chi connectivity index (χ2n) is 7.56. The van der Waals surface area contributed by atoms with Gasteiger partial charge in [0.2, 0.25) is 0 Å². The van der Waals surface area contributed by atoms with E-state index in [1.807, 2.05) is 41.2 Å². The minimum atomic E-state index is 0.124. The molecule has 6 heteroatoms. The largest absolute Gasteiger partial charge is 0.487 e. The molecule has 1 fully saturated rings. The molecule has 0 radical (unpaired) electrons. The summed E-state index contributed by atoms with van der Waals surface area (Å²) in [5.74, 6) is 1.33. The van der Waals surface area contributed by atoms with Crippen LogP contribution in [0.25, 0.3) is 0 Å². The molecule has 3 heterocycles. The van der Waals surface area contributed by atoms with Gasteiger partial charge in [0.25, 0.3) is 0 Å². The van der Waals surface area contributed by atoms with Gasteiger partial charge in [-0.1, -0.05) is 18.2 Å². The smallest absolute Gasteiger partial charge is 0.130 e. The monoisotopic (exact) mass is 392 g/mol. The van der Waals surface area contributed by atoms with E-state index >= 15 is 0 Å². The van der Waals surface area contributed by atoms with Crippen LogP contribution < -0.4 is 4.74 Å². The number of aliphatic hydroxyl groups excluding tert-OH is 1. The van der Waals surface area contributed by atoms with Gasteiger partial charge in [-0.3, -0.25) is 14.6 Å². The first-order chi connectivity index (χ1) is 14.3. The second-order valence-corrected chi connectivity index (χ2v) is 7.56. The van der Waals surface area contributed by atoms with E-state index in [0.29, 0.717) is 19.1 Å². The lowest BCUT2D eigenvalue weighted by atomic mass is 9.94. The number of ether oxygens (including phenoxy) is 1. The predicted molar refractivity (Wildman–Crippen MR) is 112 cm³/mol. The third-order valence-corrected chi connectivity index (χ3v) is 5.36. The summed E-state index contributed by atoms with van der Waals surface area (Å²) in [7, 11) is 0. The van der Waals surface area contributed by atoms with Gasteiger partial charge in [0.15, 0.2) is 0 Å². The molecule has 0 aliphatic carbocycles. The Morgan fingerprint density at radius 2 is 2.00 bits per heavy atom. The number of nitrogens with zero attached hydrogens (tertiary/aromatic N) is 4. The molecule has 0 spiro atoms. The fraction of sp³-hybridized carbons (Fsp3) is 0.391. The molecular formula is C23H28N4O2. The highest BCUT2D eigenvalue weighted by atomic mass is 16.5. The molecule has 29 heavy (non-hydrogen) atoms. The average Bonchev–Trinajstić information content (AvgIpc) is 3.23. The van der Waals surface area contributed by atoms with Crippen molar-refractivity contribution in [1.29, 1.82) is 0 Å². The zero-order chi connectivity index (χ0) is 19.9. The molecule has 0 amide bonds. The van der Waals surface area contributed by atoms with Crippen molar-refractivity contribution in [1.82, 2.24) is 19.7 Å². The van der Waals surface area contributed by atoms with Crippen molar-refractivity contribution in [3.05, 3.63) is 77.9 Å². The lowest BCUT2D eigenvalue weighted by molar-refractivity contribution is 0.197. The maximum Gasteiger partial charge on any atom is 0.130 e. The van der Waals surface area contributed by atoms with Crippen molar-refractivity contribution in [2.45, 2.75) is 38.5 Å². The fourth-order valence-corrected chi connectivity index (χ4v) is 3.85. The lowest BCUT2D eigenvalue weighted by Gasteiger charge is -2.32. The van der Waals surface area contributed by atoms with Gasteiger partial charge in [-0.05, 0) is 55.3 Å². The second kappa shape index (κ2) is 9.67. The number of benzene rings is 1. The number of piperidine rings is 1. The molecule has 1 saturated heterocycles. The van der Waals surface area contributed by atoms with Crippen LogP contribution >= 0.6 is 0 Å². The molecule has 1 aromatic carbocycles. The molecule has 0 unspecified atom stereocenters. The van der Waals surface area contributed by atoms with Crippen LogP contribution in [0.3, 0.4) is 0 Å². The zero-order valence-corrected chi connectivity index (χ0v) is 16.7. The summed E-state index contributed by atoms with van der Waals surface area (Å²) in [5.41, 5.74) is 3.36. The van der Waals surface area contributed by atoms with Crippen LogP contribution in [0, 0.1) is 0 Å². The highest BCUT2D eigenvalue weighted by Crippen LogP contribution is 2.27. The molecule has 6 nitrogen and oxygen atoms in total. The van der Waals surface area contributed by atoms with E-state index in [-0.39, 0.29) is 6.61 Å². The number of pyridine rings is 1. The van der Waals surface area contributed by atoms with Gasteiger partial charge in [0, 0.05) is 31.4 Å². The normalized spacial score (nSPS) is 17.3. The zero-order valence-electron chi connectivity index (χ0n) is 16.7. The van der Waals surface area contributed by atoms with E-state index < -0.39 is 0 Å². The van der Waals surface area contributed by atoms with Crippen molar-refractivity contribution < 1.29 is 9.84 Å².